The Balaban J connectivity index is 1.67. The van der Waals surface area contributed by atoms with Crippen LogP contribution >= 0.6 is 11.8 Å². The van der Waals surface area contributed by atoms with Crippen molar-refractivity contribution in [2.75, 3.05) is 30.7 Å². The summed E-state index contributed by atoms with van der Waals surface area (Å²) in [6.45, 7) is 2.39. The highest BCUT2D eigenvalue weighted by atomic mass is 32.2. The van der Waals surface area contributed by atoms with E-state index >= 15 is 0 Å². The van der Waals surface area contributed by atoms with Gasteiger partial charge < -0.3 is 19.7 Å². The molecule has 0 radical (unpaired) electrons. The second-order valence-electron chi connectivity index (χ2n) is 6.68. The normalized spacial score (nSPS) is 15.5. The van der Waals surface area contributed by atoms with Crippen molar-refractivity contribution in [1.82, 2.24) is 4.90 Å². The number of nitrogens with zero attached hydrogens (tertiary/aromatic N) is 2. The third-order valence-electron chi connectivity index (χ3n) is 4.66. The zero-order valence-corrected chi connectivity index (χ0v) is 18.1. The first kappa shape index (κ1) is 22.2. The van der Waals surface area contributed by atoms with Gasteiger partial charge in [0.1, 0.15) is 6.04 Å². The van der Waals surface area contributed by atoms with Gasteiger partial charge in [0.2, 0.25) is 11.8 Å². The molecule has 1 heterocycles. The van der Waals surface area contributed by atoms with E-state index < -0.39 is 6.04 Å². The topological polar surface area (TPSA) is 91.7 Å². The van der Waals surface area contributed by atoms with Crippen LogP contribution in [-0.4, -0.2) is 48.1 Å². The number of nitrogens with one attached hydrogen (secondary N) is 1. The molecule has 1 aliphatic heterocycles. The van der Waals surface area contributed by atoms with Gasteiger partial charge in [0, 0.05) is 17.5 Å². The zero-order valence-electron chi connectivity index (χ0n) is 17.3. The van der Waals surface area contributed by atoms with Gasteiger partial charge in [-0.15, -0.1) is 11.8 Å². The minimum Gasteiger partial charge on any atom is -0.493 e. The SMILES string of the molecule is CCOc1cc(/C=C/C(=O)N2CSCC2C(=O)Nc2ccc(C#N)cc2)ccc1OC. The van der Waals surface area contributed by atoms with Crippen molar-refractivity contribution in [2.45, 2.75) is 13.0 Å². The maximum absolute atomic E-state index is 12.8. The van der Waals surface area contributed by atoms with Crippen molar-refractivity contribution in [1.29, 1.82) is 5.26 Å². The minimum absolute atomic E-state index is 0.237. The molecule has 31 heavy (non-hydrogen) atoms. The molecule has 0 saturated carbocycles. The number of carbonyl (C=O) groups excluding carboxylic acids is 2. The Hall–Kier alpha value is -3.44. The van der Waals surface area contributed by atoms with Crippen LogP contribution in [0.1, 0.15) is 18.1 Å². The number of rotatable bonds is 7. The number of thioether (sulfide) groups is 1. The number of benzene rings is 2. The van der Waals surface area contributed by atoms with Crippen LogP contribution in [0.25, 0.3) is 6.08 Å². The Labute approximate surface area is 185 Å². The monoisotopic (exact) mass is 437 g/mol. The third kappa shape index (κ3) is 5.58. The molecule has 0 bridgehead atoms. The van der Waals surface area contributed by atoms with Gasteiger partial charge in [-0.2, -0.15) is 5.26 Å². The fourth-order valence-electron chi connectivity index (χ4n) is 3.06. The molecule has 1 atom stereocenters. The van der Waals surface area contributed by atoms with Gasteiger partial charge in [-0.25, -0.2) is 0 Å². The van der Waals surface area contributed by atoms with Crippen LogP contribution in [0.5, 0.6) is 11.5 Å². The van der Waals surface area contributed by atoms with Crippen LogP contribution in [0.2, 0.25) is 0 Å². The van der Waals surface area contributed by atoms with E-state index in [0.717, 1.165) is 5.56 Å². The maximum Gasteiger partial charge on any atom is 0.248 e. The molecule has 8 heteroatoms. The fourth-order valence-corrected chi connectivity index (χ4v) is 4.22. The minimum atomic E-state index is -0.562. The molecule has 2 aromatic carbocycles. The van der Waals surface area contributed by atoms with Gasteiger partial charge in [0.15, 0.2) is 11.5 Å². The summed E-state index contributed by atoms with van der Waals surface area (Å²) in [7, 11) is 1.57. The van der Waals surface area contributed by atoms with Crippen LogP contribution < -0.4 is 14.8 Å². The van der Waals surface area contributed by atoms with Crippen molar-refractivity contribution in [3.8, 4) is 17.6 Å². The van der Waals surface area contributed by atoms with Crippen molar-refractivity contribution in [2.24, 2.45) is 0 Å². The Bertz CT molecular complexity index is 1010. The van der Waals surface area contributed by atoms with E-state index in [1.165, 1.54) is 17.8 Å². The molecular weight excluding hydrogens is 414 g/mol. The van der Waals surface area contributed by atoms with Crippen LogP contribution in [0, 0.1) is 11.3 Å². The quantitative estimate of drug-likeness (QED) is 0.667. The predicted molar refractivity (Wildman–Crippen MR) is 121 cm³/mol. The molecule has 7 nitrogen and oxygen atoms in total. The van der Waals surface area contributed by atoms with E-state index in [4.69, 9.17) is 14.7 Å². The van der Waals surface area contributed by atoms with Crippen molar-refractivity contribution in [3.05, 3.63) is 59.7 Å². The Kier molecular flexibility index (Phi) is 7.57. The summed E-state index contributed by atoms with van der Waals surface area (Å²) in [5, 5.41) is 11.7. The van der Waals surface area contributed by atoms with E-state index in [-0.39, 0.29) is 11.8 Å². The van der Waals surface area contributed by atoms with Crippen LogP contribution in [0.4, 0.5) is 5.69 Å². The number of nitriles is 1. The summed E-state index contributed by atoms with van der Waals surface area (Å²) in [6, 6.07) is 13.5. The Morgan fingerprint density at radius 1 is 1.26 bits per heavy atom. The summed E-state index contributed by atoms with van der Waals surface area (Å²) in [6.07, 6.45) is 3.16. The highest BCUT2D eigenvalue weighted by Crippen LogP contribution is 2.29. The lowest BCUT2D eigenvalue weighted by Gasteiger charge is -2.21. The van der Waals surface area contributed by atoms with Gasteiger partial charge in [-0.3, -0.25) is 9.59 Å². The summed E-state index contributed by atoms with van der Waals surface area (Å²) >= 11 is 1.53. The van der Waals surface area contributed by atoms with Gasteiger partial charge >= 0.3 is 0 Å². The molecule has 0 spiro atoms. The molecule has 1 N–H and O–H groups in total. The van der Waals surface area contributed by atoms with Crippen LogP contribution in [0.15, 0.2) is 48.5 Å². The summed E-state index contributed by atoms with van der Waals surface area (Å²) in [5.41, 5.74) is 1.90. The average Bonchev–Trinajstić information content (AvgIpc) is 3.29. The van der Waals surface area contributed by atoms with E-state index in [2.05, 4.69) is 5.32 Å². The second-order valence-corrected chi connectivity index (χ2v) is 7.68. The Morgan fingerprint density at radius 2 is 2.03 bits per heavy atom. The molecule has 160 valence electrons. The average molecular weight is 438 g/mol. The molecular formula is C23H23N3O4S. The molecule has 1 saturated heterocycles. The number of anilines is 1. The van der Waals surface area contributed by atoms with Gasteiger partial charge in [-0.05, 0) is 55.0 Å². The van der Waals surface area contributed by atoms with E-state index in [1.807, 2.05) is 19.1 Å². The summed E-state index contributed by atoms with van der Waals surface area (Å²) in [4.78, 5) is 27.0. The number of hydrogen-bond acceptors (Lipinski definition) is 6. The molecule has 2 amide bonds. The maximum atomic E-state index is 12.8. The van der Waals surface area contributed by atoms with E-state index in [0.29, 0.717) is 41.0 Å². The highest BCUT2D eigenvalue weighted by Gasteiger charge is 2.33. The molecule has 0 aliphatic carbocycles. The Morgan fingerprint density at radius 3 is 2.71 bits per heavy atom. The molecule has 0 aromatic heterocycles. The molecule has 1 unspecified atom stereocenters. The lowest BCUT2D eigenvalue weighted by Crippen LogP contribution is -2.43. The van der Waals surface area contributed by atoms with Crippen LogP contribution in [-0.2, 0) is 9.59 Å². The zero-order chi connectivity index (χ0) is 22.2. The lowest BCUT2D eigenvalue weighted by molar-refractivity contribution is -0.132. The number of ether oxygens (including phenoxy) is 2. The highest BCUT2D eigenvalue weighted by molar-refractivity contribution is 7.99. The third-order valence-corrected chi connectivity index (χ3v) is 5.67. The van der Waals surface area contributed by atoms with E-state index in [9.17, 15) is 9.59 Å². The van der Waals surface area contributed by atoms with Crippen molar-refractivity contribution in [3.63, 3.8) is 0 Å². The summed E-state index contributed by atoms with van der Waals surface area (Å²) < 4.78 is 10.8. The number of methoxy groups -OCH3 is 1. The van der Waals surface area contributed by atoms with Crippen molar-refractivity contribution < 1.29 is 19.1 Å². The smallest absolute Gasteiger partial charge is 0.248 e. The van der Waals surface area contributed by atoms with Gasteiger partial charge in [0.05, 0.1) is 31.2 Å². The largest absolute Gasteiger partial charge is 0.493 e. The second kappa shape index (κ2) is 10.5. The lowest BCUT2D eigenvalue weighted by atomic mass is 10.1. The predicted octanol–water partition coefficient (Wildman–Crippen LogP) is 3.52. The standard InChI is InChI=1S/C23H23N3O4S/c1-3-30-21-12-16(6-10-20(21)29-2)7-11-22(27)26-15-31-14-19(26)23(28)25-18-8-4-17(13-24)5-9-18/h4-12,19H,3,14-15H2,1-2H3,(H,25,28)/b11-7+. The fraction of sp³-hybridized carbons (Fsp3) is 0.261. The van der Waals surface area contributed by atoms with Gasteiger partial charge in [0.25, 0.3) is 0 Å². The first-order chi connectivity index (χ1) is 15.0. The first-order valence-corrected chi connectivity index (χ1v) is 10.9. The number of carbonyl (C=O) groups is 2. The van der Waals surface area contributed by atoms with Crippen LogP contribution in [0.3, 0.4) is 0 Å². The van der Waals surface area contributed by atoms with Gasteiger partial charge in [-0.1, -0.05) is 6.07 Å². The molecule has 3 rings (SSSR count). The van der Waals surface area contributed by atoms with Crippen molar-refractivity contribution >= 4 is 35.3 Å². The molecule has 1 aliphatic rings. The number of hydrogen-bond donors (Lipinski definition) is 1. The first-order valence-electron chi connectivity index (χ1n) is 9.74. The van der Waals surface area contributed by atoms with E-state index in [1.54, 1.807) is 54.5 Å². The molecule has 1 fully saturated rings. The molecule has 2 aromatic rings. The summed E-state index contributed by atoms with van der Waals surface area (Å²) in [5.74, 6) is 1.72. The number of amides is 2.